The maximum atomic E-state index is 13.1. The summed E-state index contributed by atoms with van der Waals surface area (Å²) in [4.78, 5) is 12.2. The molecule has 30 heavy (non-hydrogen) atoms. The van der Waals surface area contributed by atoms with Gasteiger partial charge in [0.15, 0.2) is 0 Å². The minimum atomic E-state index is -4.77. The molecule has 0 aliphatic carbocycles. The molecular weight excluding hydrogens is 445 g/mol. The summed E-state index contributed by atoms with van der Waals surface area (Å²) in [6.45, 7) is 1.45. The second-order valence-electron chi connectivity index (χ2n) is 6.44. The van der Waals surface area contributed by atoms with E-state index >= 15 is 0 Å². The second kappa shape index (κ2) is 9.57. The molecule has 11 heteroatoms. The number of ether oxygens (including phenoxy) is 1. The molecule has 0 atom stereocenters. The largest absolute Gasteiger partial charge is 0.492 e. The fourth-order valence-corrected chi connectivity index (χ4v) is 3.54. The Morgan fingerprint density at radius 2 is 1.80 bits per heavy atom. The van der Waals surface area contributed by atoms with Gasteiger partial charge in [0.1, 0.15) is 18.9 Å². The van der Waals surface area contributed by atoms with Gasteiger partial charge < -0.3 is 10.1 Å². The minimum Gasteiger partial charge on any atom is -0.492 e. The molecule has 0 unspecified atom stereocenters. The third-order valence-electron chi connectivity index (χ3n) is 3.94. The Bertz CT molecular complexity index is 996. The number of alkyl halides is 3. The van der Waals surface area contributed by atoms with Crippen molar-refractivity contribution in [2.24, 2.45) is 0 Å². The quantitative estimate of drug-likeness (QED) is 0.605. The minimum absolute atomic E-state index is 0.0821. The van der Waals surface area contributed by atoms with E-state index in [-0.39, 0.29) is 18.8 Å². The first kappa shape index (κ1) is 23.8. The summed E-state index contributed by atoms with van der Waals surface area (Å²) < 4.78 is 69.4. The van der Waals surface area contributed by atoms with Gasteiger partial charge in [-0.25, -0.2) is 8.42 Å². The second-order valence-corrected chi connectivity index (χ2v) is 8.76. The van der Waals surface area contributed by atoms with Crippen molar-refractivity contribution < 1.29 is 31.1 Å². The Labute approximate surface area is 177 Å². The smallest absolute Gasteiger partial charge is 0.417 e. The van der Waals surface area contributed by atoms with Gasteiger partial charge in [-0.3, -0.25) is 9.10 Å². The Balaban J connectivity index is 2.03. The average molecular weight is 465 g/mol. The number of aryl methyl sites for hydroxylation is 1. The van der Waals surface area contributed by atoms with Crippen LogP contribution in [0.5, 0.6) is 5.75 Å². The number of carbonyl (C=O) groups excluding carboxylic acids is 1. The van der Waals surface area contributed by atoms with Crippen LogP contribution in [0.1, 0.15) is 11.1 Å². The van der Waals surface area contributed by atoms with E-state index in [1.54, 1.807) is 12.1 Å². The molecule has 2 aromatic carbocycles. The van der Waals surface area contributed by atoms with E-state index < -0.39 is 39.2 Å². The van der Waals surface area contributed by atoms with E-state index in [0.29, 0.717) is 16.1 Å². The molecule has 0 fully saturated rings. The molecule has 2 rings (SSSR count). The number of halogens is 4. The molecule has 1 N–H and O–H groups in total. The van der Waals surface area contributed by atoms with Crippen LogP contribution in [0.15, 0.2) is 42.5 Å². The molecule has 0 bridgehead atoms. The van der Waals surface area contributed by atoms with Crippen LogP contribution in [0, 0.1) is 6.92 Å². The highest BCUT2D eigenvalue weighted by Gasteiger charge is 2.34. The summed E-state index contributed by atoms with van der Waals surface area (Å²) in [6.07, 6.45) is -3.98. The van der Waals surface area contributed by atoms with Gasteiger partial charge in [0.25, 0.3) is 0 Å². The number of hydrogen-bond donors (Lipinski definition) is 1. The molecule has 0 aliphatic rings. The summed E-state index contributed by atoms with van der Waals surface area (Å²) >= 11 is 5.57. The van der Waals surface area contributed by atoms with E-state index in [0.717, 1.165) is 24.0 Å². The monoisotopic (exact) mass is 464 g/mol. The lowest BCUT2D eigenvalue weighted by Crippen LogP contribution is -2.41. The Kier molecular flexibility index (Phi) is 7.59. The third kappa shape index (κ3) is 6.81. The lowest BCUT2D eigenvalue weighted by Gasteiger charge is -2.23. The van der Waals surface area contributed by atoms with Crippen LogP contribution in [0.3, 0.4) is 0 Å². The number of nitrogens with one attached hydrogen (secondary N) is 1. The SMILES string of the molecule is Cc1ccc(OCCNC(=O)CN(c2ccc(Cl)c(C(F)(F)F)c2)S(C)(=O)=O)cc1. The van der Waals surface area contributed by atoms with Gasteiger partial charge in [-0.15, -0.1) is 0 Å². The first-order valence-corrected chi connectivity index (χ1v) is 10.9. The number of amides is 1. The molecular formula is C19H20ClF3N2O4S. The van der Waals surface area contributed by atoms with E-state index in [4.69, 9.17) is 16.3 Å². The predicted molar refractivity (Wildman–Crippen MR) is 108 cm³/mol. The molecule has 0 aliphatic heterocycles. The molecule has 0 heterocycles. The molecule has 2 aromatic rings. The normalized spacial score (nSPS) is 11.8. The summed E-state index contributed by atoms with van der Waals surface area (Å²) in [7, 11) is -4.03. The fourth-order valence-electron chi connectivity index (χ4n) is 2.47. The van der Waals surface area contributed by atoms with Gasteiger partial charge in [0, 0.05) is 0 Å². The third-order valence-corrected chi connectivity index (χ3v) is 5.41. The number of anilines is 1. The molecule has 164 valence electrons. The molecule has 0 radical (unpaired) electrons. The van der Waals surface area contributed by atoms with Crippen molar-refractivity contribution in [2.45, 2.75) is 13.1 Å². The molecule has 6 nitrogen and oxygen atoms in total. The van der Waals surface area contributed by atoms with E-state index in [1.165, 1.54) is 0 Å². The van der Waals surface area contributed by atoms with Crippen LogP contribution >= 0.6 is 11.6 Å². The van der Waals surface area contributed by atoms with Gasteiger partial charge in [-0.2, -0.15) is 13.2 Å². The van der Waals surface area contributed by atoms with Crippen LogP contribution < -0.4 is 14.4 Å². The van der Waals surface area contributed by atoms with Crippen molar-refractivity contribution in [1.29, 1.82) is 0 Å². The highest BCUT2D eigenvalue weighted by atomic mass is 35.5. The maximum Gasteiger partial charge on any atom is 0.417 e. The van der Waals surface area contributed by atoms with Crippen molar-refractivity contribution in [3.63, 3.8) is 0 Å². The van der Waals surface area contributed by atoms with E-state index in [2.05, 4.69) is 5.32 Å². The topological polar surface area (TPSA) is 75.7 Å². The van der Waals surface area contributed by atoms with Crippen LogP contribution in [-0.4, -0.2) is 40.3 Å². The molecule has 1 amide bonds. The number of hydrogen-bond acceptors (Lipinski definition) is 4. The van der Waals surface area contributed by atoms with Crippen molar-refractivity contribution in [3.8, 4) is 5.75 Å². The number of sulfonamides is 1. The Hall–Kier alpha value is -2.46. The van der Waals surface area contributed by atoms with Gasteiger partial charge in [0.05, 0.1) is 29.1 Å². The lowest BCUT2D eigenvalue weighted by atomic mass is 10.2. The van der Waals surface area contributed by atoms with Gasteiger partial charge in [-0.05, 0) is 37.3 Å². The van der Waals surface area contributed by atoms with E-state index in [9.17, 15) is 26.4 Å². The fraction of sp³-hybridized carbons (Fsp3) is 0.316. The number of carbonyl (C=O) groups is 1. The van der Waals surface area contributed by atoms with Crippen LogP contribution in [-0.2, 0) is 21.0 Å². The highest BCUT2D eigenvalue weighted by Crippen LogP contribution is 2.37. The standard InChI is InChI=1S/C19H20ClF3N2O4S/c1-13-3-6-15(7-4-13)29-10-9-24-18(26)12-25(30(2,27)28)14-5-8-17(20)16(11-14)19(21,22)23/h3-8,11H,9-10,12H2,1-2H3,(H,24,26). The van der Waals surface area contributed by atoms with Gasteiger partial charge in [0.2, 0.25) is 15.9 Å². The maximum absolute atomic E-state index is 13.1. The van der Waals surface area contributed by atoms with Crippen molar-refractivity contribution >= 4 is 33.2 Å². The van der Waals surface area contributed by atoms with Crippen LogP contribution in [0.25, 0.3) is 0 Å². The number of nitrogens with zero attached hydrogens (tertiary/aromatic N) is 1. The van der Waals surface area contributed by atoms with Crippen molar-refractivity contribution in [2.75, 3.05) is 30.3 Å². The van der Waals surface area contributed by atoms with E-state index in [1.807, 2.05) is 19.1 Å². The van der Waals surface area contributed by atoms with Crippen molar-refractivity contribution in [1.82, 2.24) is 5.32 Å². The molecule has 0 spiro atoms. The van der Waals surface area contributed by atoms with Crippen LogP contribution in [0.4, 0.5) is 18.9 Å². The summed E-state index contributed by atoms with van der Waals surface area (Å²) in [5.41, 5.74) is -0.449. The average Bonchev–Trinajstić information content (AvgIpc) is 2.63. The first-order chi connectivity index (χ1) is 13.9. The van der Waals surface area contributed by atoms with Crippen molar-refractivity contribution in [3.05, 3.63) is 58.6 Å². The Morgan fingerprint density at radius 3 is 2.37 bits per heavy atom. The Morgan fingerprint density at radius 1 is 1.17 bits per heavy atom. The van der Waals surface area contributed by atoms with Gasteiger partial charge >= 0.3 is 6.18 Å². The highest BCUT2D eigenvalue weighted by molar-refractivity contribution is 7.92. The molecule has 0 saturated carbocycles. The van der Waals surface area contributed by atoms with Gasteiger partial charge in [-0.1, -0.05) is 29.3 Å². The number of benzene rings is 2. The predicted octanol–water partition coefficient (Wildman–Crippen LogP) is 3.63. The first-order valence-electron chi connectivity index (χ1n) is 8.68. The summed E-state index contributed by atoms with van der Waals surface area (Å²) in [6, 6.07) is 9.88. The zero-order chi connectivity index (χ0) is 22.5. The summed E-state index contributed by atoms with van der Waals surface area (Å²) in [5.74, 6) is -0.0927. The zero-order valence-electron chi connectivity index (χ0n) is 16.2. The lowest BCUT2D eigenvalue weighted by molar-refractivity contribution is -0.137. The van der Waals surface area contributed by atoms with Crippen LogP contribution in [0.2, 0.25) is 5.02 Å². The number of rotatable bonds is 8. The summed E-state index contributed by atoms with van der Waals surface area (Å²) in [5, 5.41) is 1.90. The molecule has 0 aromatic heterocycles. The zero-order valence-corrected chi connectivity index (χ0v) is 17.7. The molecule has 0 saturated heterocycles.